The lowest BCUT2D eigenvalue weighted by atomic mass is 10.1. The number of nitrogens with one attached hydrogen (secondary N) is 1. The van der Waals surface area contributed by atoms with E-state index in [0.717, 1.165) is 5.56 Å². The maximum Gasteiger partial charge on any atom is 0.252 e. The van der Waals surface area contributed by atoms with Gasteiger partial charge in [0, 0.05) is 11.6 Å². The van der Waals surface area contributed by atoms with Gasteiger partial charge in [-0.1, -0.05) is 35.3 Å². The number of sulfone groups is 1. The number of hydrogen-bond acceptors (Lipinski definition) is 3. The van der Waals surface area contributed by atoms with E-state index in [1.165, 1.54) is 12.1 Å². The van der Waals surface area contributed by atoms with Crippen molar-refractivity contribution in [3.05, 3.63) is 63.6 Å². The molecule has 0 bridgehead atoms. The summed E-state index contributed by atoms with van der Waals surface area (Å²) in [5, 5.41) is 3.28. The van der Waals surface area contributed by atoms with Crippen LogP contribution >= 0.6 is 23.2 Å². The molecule has 0 saturated carbocycles. The van der Waals surface area contributed by atoms with Crippen LogP contribution in [0.2, 0.25) is 10.0 Å². The summed E-state index contributed by atoms with van der Waals surface area (Å²) in [6.07, 6.45) is 0. The van der Waals surface area contributed by atoms with E-state index in [0.29, 0.717) is 5.02 Å². The van der Waals surface area contributed by atoms with E-state index in [1.807, 2.05) is 13.0 Å². The van der Waals surface area contributed by atoms with Gasteiger partial charge in [0.2, 0.25) is 0 Å². The predicted octanol–water partition coefficient (Wildman–Crippen LogP) is 4.28. The number of aryl methyl sites for hydroxylation is 1. The Morgan fingerprint density at radius 1 is 1.12 bits per heavy atom. The standard InChI is InChI=1S/C18H19Cl2NO3S/c1-12-5-4-6-14(9-12)25(23,24)18(2,3)11-21-17(22)15-8-7-13(19)10-16(15)20/h4-10H,11H2,1-3H3,(H,21,22). The van der Waals surface area contributed by atoms with E-state index >= 15 is 0 Å². The quantitative estimate of drug-likeness (QED) is 0.815. The molecule has 0 spiro atoms. The van der Waals surface area contributed by atoms with E-state index in [-0.39, 0.29) is 22.0 Å². The van der Waals surface area contributed by atoms with Crippen molar-refractivity contribution in [1.29, 1.82) is 0 Å². The maximum absolute atomic E-state index is 12.9. The Bertz CT molecular complexity index is 908. The maximum atomic E-state index is 12.9. The van der Waals surface area contributed by atoms with Crippen LogP contribution in [-0.2, 0) is 9.84 Å². The topological polar surface area (TPSA) is 63.2 Å². The third-order valence-corrected chi connectivity index (χ3v) is 6.90. The second-order valence-corrected chi connectivity index (χ2v) is 9.81. The molecule has 0 fully saturated rings. The van der Waals surface area contributed by atoms with Crippen LogP contribution in [-0.4, -0.2) is 25.6 Å². The van der Waals surface area contributed by atoms with Crippen LogP contribution < -0.4 is 5.32 Å². The number of halogens is 2. The normalized spacial score (nSPS) is 12.0. The first-order valence-corrected chi connectivity index (χ1v) is 9.83. The van der Waals surface area contributed by atoms with Gasteiger partial charge in [0.1, 0.15) is 0 Å². The second-order valence-electron chi connectivity index (χ2n) is 6.39. The first-order valence-electron chi connectivity index (χ1n) is 7.59. The Morgan fingerprint density at radius 3 is 2.40 bits per heavy atom. The Hall–Kier alpha value is -1.56. The zero-order chi connectivity index (χ0) is 18.8. The van der Waals surface area contributed by atoms with Gasteiger partial charge in [-0.25, -0.2) is 8.42 Å². The van der Waals surface area contributed by atoms with Gasteiger partial charge in [-0.3, -0.25) is 4.79 Å². The Kier molecular flexibility index (Phi) is 5.82. The number of benzene rings is 2. The summed E-state index contributed by atoms with van der Waals surface area (Å²) < 4.78 is 24.6. The second kappa shape index (κ2) is 7.36. The molecule has 0 aliphatic carbocycles. The van der Waals surface area contributed by atoms with E-state index in [4.69, 9.17) is 23.2 Å². The summed E-state index contributed by atoms with van der Waals surface area (Å²) in [6.45, 7) is 4.93. The summed E-state index contributed by atoms with van der Waals surface area (Å²) in [5.41, 5.74) is 1.10. The fourth-order valence-electron chi connectivity index (χ4n) is 2.26. The number of amides is 1. The van der Waals surface area contributed by atoms with Crippen molar-refractivity contribution in [2.24, 2.45) is 0 Å². The van der Waals surface area contributed by atoms with Crippen molar-refractivity contribution in [1.82, 2.24) is 5.32 Å². The van der Waals surface area contributed by atoms with Crippen LogP contribution in [0, 0.1) is 6.92 Å². The van der Waals surface area contributed by atoms with Crippen LogP contribution in [0.15, 0.2) is 47.4 Å². The molecule has 7 heteroatoms. The van der Waals surface area contributed by atoms with Crippen molar-refractivity contribution in [2.45, 2.75) is 30.4 Å². The summed E-state index contributed by atoms with van der Waals surface area (Å²) in [4.78, 5) is 12.5. The summed E-state index contributed by atoms with van der Waals surface area (Å²) in [6, 6.07) is 11.2. The molecule has 0 heterocycles. The molecule has 0 saturated heterocycles. The van der Waals surface area contributed by atoms with Crippen LogP contribution in [0.5, 0.6) is 0 Å². The van der Waals surface area contributed by atoms with E-state index in [9.17, 15) is 13.2 Å². The fraction of sp³-hybridized carbons (Fsp3) is 0.278. The average Bonchev–Trinajstić information content (AvgIpc) is 2.52. The molecule has 0 unspecified atom stereocenters. The molecule has 0 aromatic heterocycles. The molecule has 0 aliphatic heterocycles. The zero-order valence-corrected chi connectivity index (χ0v) is 16.5. The smallest absolute Gasteiger partial charge is 0.252 e. The highest BCUT2D eigenvalue weighted by Gasteiger charge is 2.36. The highest BCUT2D eigenvalue weighted by atomic mass is 35.5. The summed E-state index contributed by atoms with van der Waals surface area (Å²) >= 11 is 11.8. The predicted molar refractivity (Wildman–Crippen MR) is 101 cm³/mol. The highest BCUT2D eigenvalue weighted by molar-refractivity contribution is 7.92. The first kappa shape index (κ1) is 19.8. The van der Waals surface area contributed by atoms with E-state index in [1.54, 1.807) is 38.1 Å². The molecular formula is C18H19Cl2NO3S. The van der Waals surface area contributed by atoms with Crippen molar-refractivity contribution >= 4 is 38.9 Å². The number of carbonyl (C=O) groups is 1. The van der Waals surface area contributed by atoms with Crippen molar-refractivity contribution in [2.75, 3.05) is 6.54 Å². The summed E-state index contributed by atoms with van der Waals surface area (Å²) in [5.74, 6) is -0.450. The van der Waals surface area contributed by atoms with E-state index < -0.39 is 20.5 Å². The Balaban J connectivity index is 2.19. The summed E-state index contributed by atoms with van der Waals surface area (Å²) in [7, 11) is -3.62. The molecule has 2 aromatic rings. The van der Waals surface area contributed by atoms with Crippen molar-refractivity contribution < 1.29 is 13.2 Å². The molecule has 1 N–H and O–H groups in total. The van der Waals surface area contributed by atoms with Gasteiger partial charge < -0.3 is 5.32 Å². The van der Waals surface area contributed by atoms with Crippen LogP contribution in [0.3, 0.4) is 0 Å². The molecule has 2 rings (SSSR count). The van der Waals surface area contributed by atoms with Gasteiger partial charge in [-0.15, -0.1) is 0 Å². The monoisotopic (exact) mass is 399 g/mol. The largest absolute Gasteiger partial charge is 0.350 e. The Morgan fingerprint density at radius 2 is 1.80 bits per heavy atom. The molecule has 25 heavy (non-hydrogen) atoms. The lowest BCUT2D eigenvalue weighted by Gasteiger charge is -2.25. The van der Waals surface area contributed by atoms with E-state index in [2.05, 4.69) is 5.32 Å². The van der Waals surface area contributed by atoms with Crippen LogP contribution in [0.1, 0.15) is 29.8 Å². The van der Waals surface area contributed by atoms with Crippen molar-refractivity contribution in [3.63, 3.8) is 0 Å². The molecule has 134 valence electrons. The average molecular weight is 400 g/mol. The minimum Gasteiger partial charge on any atom is -0.350 e. The van der Waals surface area contributed by atoms with Crippen LogP contribution in [0.4, 0.5) is 0 Å². The molecule has 0 aliphatic rings. The first-order chi connectivity index (χ1) is 11.5. The molecule has 2 aromatic carbocycles. The highest BCUT2D eigenvalue weighted by Crippen LogP contribution is 2.26. The molecule has 0 radical (unpaired) electrons. The number of carbonyl (C=O) groups excluding carboxylic acids is 1. The minimum atomic E-state index is -3.62. The number of rotatable bonds is 5. The minimum absolute atomic E-state index is 0.0545. The molecule has 0 atom stereocenters. The lowest BCUT2D eigenvalue weighted by Crippen LogP contribution is -2.44. The molecule has 1 amide bonds. The third kappa shape index (κ3) is 4.35. The zero-order valence-electron chi connectivity index (χ0n) is 14.1. The number of hydrogen-bond donors (Lipinski definition) is 1. The van der Waals surface area contributed by atoms with Gasteiger partial charge >= 0.3 is 0 Å². The van der Waals surface area contributed by atoms with Gasteiger partial charge in [0.05, 0.1) is 20.2 Å². The molecular weight excluding hydrogens is 381 g/mol. The third-order valence-electron chi connectivity index (χ3n) is 3.88. The van der Waals surface area contributed by atoms with Crippen LogP contribution in [0.25, 0.3) is 0 Å². The van der Waals surface area contributed by atoms with Gasteiger partial charge in [0.15, 0.2) is 9.84 Å². The van der Waals surface area contributed by atoms with Gasteiger partial charge in [-0.2, -0.15) is 0 Å². The Labute approximate surface area is 158 Å². The SMILES string of the molecule is Cc1cccc(S(=O)(=O)C(C)(C)CNC(=O)c2ccc(Cl)cc2Cl)c1. The lowest BCUT2D eigenvalue weighted by molar-refractivity contribution is 0.0950. The molecule has 4 nitrogen and oxygen atoms in total. The van der Waals surface area contributed by atoms with Gasteiger partial charge in [-0.05, 0) is 56.7 Å². The van der Waals surface area contributed by atoms with Gasteiger partial charge in [0.25, 0.3) is 5.91 Å². The fourth-order valence-corrected chi connectivity index (χ4v) is 4.25. The van der Waals surface area contributed by atoms with Crippen molar-refractivity contribution in [3.8, 4) is 0 Å².